The van der Waals surface area contributed by atoms with Gasteiger partial charge in [0.1, 0.15) is 0 Å². The van der Waals surface area contributed by atoms with Gasteiger partial charge in [-0.25, -0.2) is 0 Å². The molecule has 2 heterocycles. The van der Waals surface area contributed by atoms with Crippen LogP contribution >= 0.6 is 0 Å². The van der Waals surface area contributed by atoms with Crippen LogP contribution in [0.5, 0.6) is 0 Å². The van der Waals surface area contributed by atoms with Crippen molar-refractivity contribution < 1.29 is 14.3 Å². The predicted octanol–water partition coefficient (Wildman–Crippen LogP) is 2.25. The van der Waals surface area contributed by atoms with E-state index >= 15 is 0 Å². The lowest BCUT2D eigenvalue weighted by Crippen LogP contribution is -2.25. The van der Waals surface area contributed by atoms with Crippen LogP contribution in [0.3, 0.4) is 0 Å². The summed E-state index contributed by atoms with van der Waals surface area (Å²) < 4.78 is 5.22. The third-order valence-electron chi connectivity index (χ3n) is 4.75. The Kier molecular flexibility index (Phi) is 2.98. The summed E-state index contributed by atoms with van der Waals surface area (Å²) in [5, 5.41) is 2.90. The van der Waals surface area contributed by atoms with Crippen LogP contribution in [0.1, 0.15) is 24.1 Å². The first kappa shape index (κ1) is 13.9. The molecule has 4 rings (SSSR count). The van der Waals surface area contributed by atoms with E-state index in [2.05, 4.69) is 10.3 Å². The molecule has 0 bridgehead atoms. The number of pyridine rings is 1. The number of anilines is 1. The van der Waals surface area contributed by atoms with E-state index in [1.54, 1.807) is 13.1 Å². The maximum absolute atomic E-state index is 12.8. The Morgan fingerprint density at radius 2 is 2.04 bits per heavy atom. The Morgan fingerprint density at radius 3 is 2.78 bits per heavy atom. The number of rotatable bonds is 3. The highest BCUT2D eigenvalue weighted by Gasteiger charge is 2.77. The van der Waals surface area contributed by atoms with E-state index in [4.69, 9.17) is 4.74 Å². The first-order valence-electron chi connectivity index (χ1n) is 7.69. The van der Waals surface area contributed by atoms with Gasteiger partial charge < -0.3 is 10.1 Å². The molecule has 116 valence electrons. The van der Waals surface area contributed by atoms with Crippen molar-refractivity contribution >= 4 is 17.6 Å². The number of carbonyl (C=O) groups is 2. The number of esters is 1. The number of aromatic nitrogens is 1. The molecule has 0 unspecified atom stereocenters. The molecule has 0 saturated heterocycles. The maximum atomic E-state index is 12.8. The lowest BCUT2D eigenvalue weighted by Gasteiger charge is -2.08. The largest absolute Gasteiger partial charge is 0.466 e. The minimum absolute atomic E-state index is 0.146. The van der Waals surface area contributed by atoms with Crippen molar-refractivity contribution in [2.45, 2.75) is 18.3 Å². The van der Waals surface area contributed by atoms with Gasteiger partial charge >= 0.3 is 5.97 Å². The van der Waals surface area contributed by atoms with Crippen molar-refractivity contribution in [2.75, 3.05) is 11.9 Å². The number of benzene rings is 1. The van der Waals surface area contributed by atoms with Crippen LogP contribution in [-0.2, 0) is 19.7 Å². The Balaban J connectivity index is 1.85. The average molecular weight is 308 g/mol. The molecule has 1 saturated carbocycles. The summed E-state index contributed by atoms with van der Waals surface area (Å²) in [6.07, 6.45) is 1.68. The van der Waals surface area contributed by atoms with Gasteiger partial charge in [-0.2, -0.15) is 0 Å². The van der Waals surface area contributed by atoms with Crippen molar-refractivity contribution in [3.05, 3.63) is 59.9 Å². The number of amides is 1. The summed E-state index contributed by atoms with van der Waals surface area (Å²) in [4.78, 5) is 29.6. The molecule has 1 spiro atoms. The predicted molar refractivity (Wildman–Crippen MR) is 83.9 cm³/mol. The molecule has 1 aromatic carbocycles. The van der Waals surface area contributed by atoms with Crippen LogP contribution in [0.2, 0.25) is 0 Å². The summed E-state index contributed by atoms with van der Waals surface area (Å²) in [6.45, 7) is 2.06. The van der Waals surface area contributed by atoms with Gasteiger partial charge in [0.2, 0.25) is 5.91 Å². The second-order valence-electron chi connectivity index (χ2n) is 5.83. The molecule has 5 nitrogen and oxygen atoms in total. The van der Waals surface area contributed by atoms with E-state index in [-0.39, 0.29) is 17.8 Å². The van der Waals surface area contributed by atoms with Crippen LogP contribution < -0.4 is 5.32 Å². The topological polar surface area (TPSA) is 68.3 Å². The highest BCUT2D eigenvalue weighted by atomic mass is 16.5. The lowest BCUT2D eigenvalue weighted by atomic mass is 9.92. The smallest absolute Gasteiger partial charge is 0.311 e. The van der Waals surface area contributed by atoms with Crippen LogP contribution in [0.15, 0.2) is 48.7 Å². The molecule has 1 amide bonds. The molecule has 1 aliphatic carbocycles. The Labute approximate surface area is 133 Å². The van der Waals surface area contributed by atoms with Crippen molar-refractivity contribution in [1.82, 2.24) is 4.98 Å². The molecule has 0 radical (unpaired) electrons. The normalized spacial score (nSPS) is 27.4. The summed E-state index contributed by atoms with van der Waals surface area (Å²) in [5.74, 6) is -1.30. The number of nitrogens with zero attached hydrogens (tertiary/aromatic N) is 1. The number of nitrogens with one attached hydrogen (secondary N) is 1. The third kappa shape index (κ3) is 1.76. The standard InChI is InChI=1S/C18H16N2O3/c1-2-23-16(21)15-14(13-9-5-6-10-19-13)18(15)11-7-3-4-8-12(11)20-17(18)22/h3-10,14-15H,2H2,1H3,(H,20,22)/t14-,15-,18+/m0/s1. The van der Waals surface area contributed by atoms with Gasteiger partial charge in [0.25, 0.3) is 0 Å². The molecule has 2 aliphatic rings. The molecule has 3 atom stereocenters. The minimum Gasteiger partial charge on any atom is -0.466 e. The zero-order valence-corrected chi connectivity index (χ0v) is 12.7. The van der Waals surface area contributed by atoms with Gasteiger partial charge in [-0.1, -0.05) is 24.3 Å². The van der Waals surface area contributed by atoms with Crippen LogP contribution in [0, 0.1) is 5.92 Å². The quantitative estimate of drug-likeness (QED) is 0.883. The van der Waals surface area contributed by atoms with Gasteiger partial charge in [0, 0.05) is 23.5 Å². The Hall–Kier alpha value is -2.69. The molecule has 1 fully saturated rings. The zero-order chi connectivity index (χ0) is 16.0. The van der Waals surface area contributed by atoms with Gasteiger partial charge in [-0.15, -0.1) is 0 Å². The third-order valence-corrected chi connectivity index (χ3v) is 4.75. The first-order valence-corrected chi connectivity index (χ1v) is 7.69. The second kappa shape index (κ2) is 4.91. The molecular formula is C18H16N2O3. The van der Waals surface area contributed by atoms with Crippen molar-refractivity contribution in [2.24, 2.45) is 5.92 Å². The molecule has 2 aromatic rings. The number of ether oxygens (including phenoxy) is 1. The fourth-order valence-electron chi connectivity index (χ4n) is 3.82. The highest BCUT2D eigenvalue weighted by molar-refractivity contribution is 6.14. The number of fused-ring (bicyclic) bond motifs is 2. The van der Waals surface area contributed by atoms with Gasteiger partial charge in [0.15, 0.2) is 0 Å². The van der Waals surface area contributed by atoms with E-state index in [1.807, 2.05) is 42.5 Å². The van der Waals surface area contributed by atoms with E-state index in [0.29, 0.717) is 6.61 Å². The molecule has 1 N–H and O–H groups in total. The summed E-state index contributed by atoms with van der Waals surface area (Å²) in [7, 11) is 0. The molecule has 1 aromatic heterocycles. The number of carbonyl (C=O) groups excluding carboxylic acids is 2. The Morgan fingerprint density at radius 1 is 1.26 bits per heavy atom. The molecule has 1 aliphatic heterocycles. The van der Waals surface area contributed by atoms with Gasteiger partial charge in [0.05, 0.1) is 17.9 Å². The second-order valence-corrected chi connectivity index (χ2v) is 5.83. The number of para-hydroxylation sites is 1. The molecule has 23 heavy (non-hydrogen) atoms. The lowest BCUT2D eigenvalue weighted by molar-refractivity contribution is -0.146. The fourth-order valence-corrected chi connectivity index (χ4v) is 3.82. The molecule has 5 heteroatoms. The van der Waals surface area contributed by atoms with Crippen molar-refractivity contribution in [3.8, 4) is 0 Å². The van der Waals surface area contributed by atoms with Gasteiger partial charge in [-0.3, -0.25) is 14.6 Å². The van der Waals surface area contributed by atoms with Crippen LogP contribution in [0.25, 0.3) is 0 Å². The first-order chi connectivity index (χ1) is 11.2. The number of hydrogen-bond donors (Lipinski definition) is 1. The van der Waals surface area contributed by atoms with E-state index < -0.39 is 11.3 Å². The van der Waals surface area contributed by atoms with Gasteiger partial charge in [-0.05, 0) is 30.7 Å². The summed E-state index contributed by atoms with van der Waals surface area (Å²) in [6, 6.07) is 13.1. The minimum atomic E-state index is -0.892. The zero-order valence-electron chi connectivity index (χ0n) is 12.7. The summed E-state index contributed by atoms with van der Waals surface area (Å²) in [5.41, 5.74) is 1.48. The Bertz CT molecular complexity index is 790. The van der Waals surface area contributed by atoms with Crippen molar-refractivity contribution in [3.63, 3.8) is 0 Å². The molecular weight excluding hydrogens is 292 g/mol. The highest BCUT2D eigenvalue weighted by Crippen LogP contribution is 2.69. The average Bonchev–Trinajstić information content (AvgIpc) is 3.19. The maximum Gasteiger partial charge on any atom is 0.311 e. The SMILES string of the molecule is CCOC(=O)[C@@H]1[C@H](c2ccccn2)[C@@]12C(=O)Nc1ccccc12. The van der Waals surface area contributed by atoms with Crippen LogP contribution in [0.4, 0.5) is 5.69 Å². The van der Waals surface area contributed by atoms with Crippen molar-refractivity contribution in [1.29, 1.82) is 0 Å². The number of hydrogen-bond acceptors (Lipinski definition) is 4. The monoisotopic (exact) mass is 308 g/mol. The summed E-state index contributed by atoms with van der Waals surface area (Å²) >= 11 is 0. The van der Waals surface area contributed by atoms with E-state index in [0.717, 1.165) is 16.9 Å². The van der Waals surface area contributed by atoms with E-state index in [1.165, 1.54) is 0 Å². The fraction of sp³-hybridized carbons (Fsp3) is 0.278. The van der Waals surface area contributed by atoms with E-state index in [9.17, 15) is 9.59 Å². The van der Waals surface area contributed by atoms with Crippen LogP contribution in [-0.4, -0.2) is 23.5 Å².